The van der Waals surface area contributed by atoms with Gasteiger partial charge in [0.15, 0.2) is 0 Å². The van der Waals surface area contributed by atoms with E-state index in [9.17, 15) is 22.0 Å². The number of nitriles is 1. The molecule has 0 unspecified atom stereocenters. The van der Waals surface area contributed by atoms with Crippen molar-refractivity contribution in [2.45, 2.75) is 11.5 Å². The lowest BCUT2D eigenvalue weighted by molar-refractivity contribution is 0.0468. The molecule has 0 radical (unpaired) electrons. The maximum atomic E-state index is 13.8. The van der Waals surface area contributed by atoms with Gasteiger partial charge in [0.25, 0.3) is 10.0 Å². The van der Waals surface area contributed by atoms with Crippen molar-refractivity contribution in [3.63, 3.8) is 0 Å². The molecule has 9 heteroatoms. The van der Waals surface area contributed by atoms with E-state index in [1.165, 1.54) is 42.5 Å². The van der Waals surface area contributed by atoms with Crippen molar-refractivity contribution < 1.29 is 26.7 Å². The Labute approximate surface area is 171 Å². The summed E-state index contributed by atoms with van der Waals surface area (Å²) in [5, 5.41) is 8.87. The summed E-state index contributed by atoms with van der Waals surface area (Å²) < 4.78 is 59.1. The molecule has 0 fully saturated rings. The van der Waals surface area contributed by atoms with Gasteiger partial charge in [-0.25, -0.2) is 22.0 Å². The zero-order valence-corrected chi connectivity index (χ0v) is 16.1. The number of carbonyl (C=O) groups excluding carboxylic acids is 1. The SMILES string of the molecule is N#Cc1ccc(F)c(COC(=O)c2cccc(S(=O)(=O)Nc3ccc(F)cc3)c2)c1. The number of nitrogens with zero attached hydrogens (tertiary/aromatic N) is 1. The molecule has 30 heavy (non-hydrogen) atoms. The number of carbonyl (C=O) groups is 1. The third kappa shape index (κ3) is 4.98. The monoisotopic (exact) mass is 428 g/mol. The highest BCUT2D eigenvalue weighted by Crippen LogP contribution is 2.19. The Morgan fingerprint density at radius 3 is 2.47 bits per heavy atom. The van der Waals surface area contributed by atoms with Crippen LogP contribution in [0.25, 0.3) is 0 Å². The fourth-order valence-electron chi connectivity index (χ4n) is 2.50. The number of sulfonamides is 1. The molecule has 0 saturated heterocycles. The quantitative estimate of drug-likeness (QED) is 0.599. The second kappa shape index (κ2) is 8.71. The van der Waals surface area contributed by atoms with Crippen LogP contribution in [0.3, 0.4) is 0 Å². The van der Waals surface area contributed by atoms with Crippen molar-refractivity contribution in [1.82, 2.24) is 0 Å². The number of hydrogen-bond donors (Lipinski definition) is 1. The number of rotatable bonds is 6. The van der Waals surface area contributed by atoms with E-state index < -0.39 is 34.2 Å². The normalized spacial score (nSPS) is 10.8. The van der Waals surface area contributed by atoms with E-state index in [2.05, 4.69) is 4.72 Å². The Hall–Kier alpha value is -3.77. The largest absolute Gasteiger partial charge is 0.457 e. The minimum absolute atomic E-state index is 0.0177. The van der Waals surface area contributed by atoms with E-state index in [4.69, 9.17) is 10.00 Å². The van der Waals surface area contributed by atoms with Crippen molar-refractivity contribution in [1.29, 1.82) is 5.26 Å². The van der Waals surface area contributed by atoms with E-state index in [0.29, 0.717) is 0 Å². The molecule has 0 spiro atoms. The van der Waals surface area contributed by atoms with Crippen molar-refractivity contribution in [2.24, 2.45) is 0 Å². The summed E-state index contributed by atoms with van der Waals surface area (Å²) in [6.45, 7) is -0.426. The second-order valence-corrected chi connectivity index (χ2v) is 7.82. The summed E-state index contributed by atoms with van der Waals surface area (Å²) in [7, 11) is -4.04. The van der Waals surface area contributed by atoms with Gasteiger partial charge in [-0.3, -0.25) is 4.72 Å². The molecule has 3 aromatic carbocycles. The van der Waals surface area contributed by atoms with Gasteiger partial charge in [-0.05, 0) is 60.7 Å². The van der Waals surface area contributed by atoms with E-state index in [0.717, 1.165) is 24.3 Å². The van der Waals surface area contributed by atoms with Crippen LogP contribution < -0.4 is 4.72 Å². The molecule has 0 atom stereocenters. The van der Waals surface area contributed by atoms with Gasteiger partial charge in [0, 0.05) is 11.3 Å². The van der Waals surface area contributed by atoms with Crippen LogP contribution in [0.2, 0.25) is 0 Å². The van der Waals surface area contributed by atoms with Crippen molar-refractivity contribution in [2.75, 3.05) is 4.72 Å². The highest BCUT2D eigenvalue weighted by atomic mass is 32.2. The van der Waals surface area contributed by atoms with E-state index >= 15 is 0 Å². The number of hydrogen-bond acceptors (Lipinski definition) is 5. The number of anilines is 1. The van der Waals surface area contributed by atoms with E-state index in [-0.39, 0.29) is 27.3 Å². The van der Waals surface area contributed by atoms with Crippen LogP contribution in [0.1, 0.15) is 21.5 Å². The summed E-state index contributed by atoms with van der Waals surface area (Å²) in [4.78, 5) is 12.1. The Morgan fingerprint density at radius 1 is 1.03 bits per heavy atom. The first-order valence-electron chi connectivity index (χ1n) is 8.52. The van der Waals surface area contributed by atoms with Crippen LogP contribution in [0.4, 0.5) is 14.5 Å². The average Bonchev–Trinajstić information content (AvgIpc) is 2.74. The fourth-order valence-corrected chi connectivity index (χ4v) is 3.61. The smallest absolute Gasteiger partial charge is 0.338 e. The second-order valence-electron chi connectivity index (χ2n) is 6.13. The van der Waals surface area contributed by atoms with Crippen molar-refractivity contribution in [3.8, 4) is 6.07 Å². The molecule has 0 bridgehead atoms. The molecule has 3 aromatic rings. The fraction of sp³-hybridized carbons (Fsp3) is 0.0476. The van der Waals surface area contributed by atoms with Gasteiger partial charge in [-0.2, -0.15) is 5.26 Å². The standard InChI is InChI=1S/C21H14F2N2O4S/c22-17-5-7-18(8-6-17)25-30(27,28)19-3-1-2-15(11-19)21(26)29-13-16-10-14(12-24)4-9-20(16)23/h1-11,25H,13H2. The maximum Gasteiger partial charge on any atom is 0.338 e. The van der Waals surface area contributed by atoms with E-state index in [1.54, 1.807) is 0 Å². The minimum Gasteiger partial charge on any atom is -0.457 e. The predicted octanol–water partition coefficient (Wildman–Crippen LogP) is 3.99. The van der Waals surface area contributed by atoms with Crippen LogP contribution in [0.15, 0.2) is 71.6 Å². The molecule has 3 rings (SSSR count). The summed E-state index contributed by atoms with van der Waals surface area (Å²) in [5.41, 5.74) is 0.317. The Bertz CT molecular complexity index is 1240. The van der Waals surface area contributed by atoms with Gasteiger partial charge in [-0.15, -0.1) is 0 Å². The van der Waals surface area contributed by atoms with Gasteiger partial charge in [-0.1, -0.05) is 6.07 Å². The molecule has 0 aliphatic carbocycles. The number of benzene rings is 3. The minimum atomic E-state index is -4.04. The first-order valence-corrected chi connectivity index (χ1v) is 10.0. The zero-order valence-electron chi connectivity index (χ0n) is 15.3. The van der Waals surface area contributed by atoms with Crippen LogP contribution in [-0.2, 0) is 21.4 Å². The highest BCUT2D eigenvalue weighted by molar-refractivity contribution is 7.92. The van der Waals surface area contributed by atoms with Gasteiger partial charge >= 0.3 is 5.97 Å². The van der Waals surface area contributed by atoms with Gasteiger partial charge in [0.1, 0.15) is 18.2 Å². The molecular formula is C21H14F2N2O4S. The van der Waals surface area contributed by atoms with Crippen LogP contribution in [-0.4, -0.2) is 14.4 Å². The third-order valence-electron chi connectivity index (χ3n) is 4.01. The van der Waals surface area contributed by atoms with Crippen LogP contribution >= 0.6 is 0 Å². The molecule has 0 heterocycles. The molecule has 0 aliphatic rings. The molecule has 1 N–H and O–H groups in total. The molecule has 6 nitrogen and oxygen atoms in total. The summed E-state index contributed by atoms with van der Waals surface area (Å²) >= 11 is 0. The van der Waals surface area contributed by atoms with Gasteiger partial charge in [0.05, 0.1) is 22.1 Å². The number of nitrogens with one attached hydrogen (secondary N) is 1. The molecule has 0 aliphatic heterocycles. The first-order chi connectivity index (χ1) is 14.3. The lowest BCUT2D eigenvalue weighted by Crippen LogP contribution is -2.14. The zero-order chi connectivity index (χ0) is 21.7. The first kappa shape index (κ1) is 21.0. The topological polar surface area (TPSA) is 96.3 Å². The van der Waals surface area contributed by atoms with Crippen LogP contribution in [0, 0.1) is 23.0 Å². The maximum absolute atomic E-state index is 13.8. The van der Waals surface area contributed by atoms with E-state index in [1.807, 2.05) is 6.07 Å². The molecule has 0 aromatic heterocycles. The summed E-state index contributed by atoms with van der Waals surface area (Å²) in [6.07, 6.45) is 0. The number of halogens is 2. The molecular weight excluding hydrogens is 414 g/mol. The molecule has 152 valence electrons. The Morgan fingerprint density at radius 2 is 1.77 bits per heavy atom. The number of ether oxygens (including phenoxy) is 1. The highest BCUT2D eigenvalue weighted by Gasteiger charge is 2.18. The lowest BCUT2D eigenvalue weighted by atomic mass is 10.1. The number of esters is 1. The van der Waals surface area contributed by atoms with Crippen molar-refractivity contribution >= 4 is 21.7 Å². The Balaban J connectivity index is 1.75. The Kier molecular flexibility index (Phi) is 6.09. The average molecular weight is 428 g/mol. The molecule has 0 amide bonds. The lowest BCUT2D eigenvalue weighted by Gasteiger charge is -2.10. The van der Waals surface area contributed by atoms with Crippen molar-refractivity contribution in [3.05, 3.63) is 95.1 Å². The van der Waals surface area contributed by atoms with Gasteiger partial charge < -0.3 is 4.74 Å². The molecule has 0 saturated carbocycles. The predicted molar refractivity (Wildman–Crippen MR) is 104 cm³/mol. The third-order valence-corrected chi connectivity index (χ3v) is 5.39. The summed E-state index contributed by atoms with van der Waals surface area (Å²) in [5.74, 6) is -2.02. The summed E-state index contributed by atoms with van der Waals surface area (Å²) in [6, 6.07) is 15.3. The van der Waals surface area contributed by atoms with Crippen LogP contribution in [0.5, 0.6) is 0 Å². The van der Waals surface area contributed by atoms with Gasteiger partial charge in [0.2, 0.25) is 0 Å².